The molecule has 4 nitrogen and oxygen atoms in total. The minimum Gasteiger partial charge on any atom is -0.497 e. The molecule has 0 fully saturated rings. The minimum atomic E-state index is -0.565. The van der Waals surface area contributed by atoms with Crippen molar-refractivity contribution >= 4 is 12.4 Å². The fraction of sp³-hybridized carbons (Fsp3) is 0.600. The molecule has 0 saturated heterocycles. The maximum Gasteiger partial charge on any atom is 0.127 e. The van der Waals surface area contributed by atoms with Crippen LogP contribution in [0.2, 0.25) is 0 Å². The first-order chi connectivity index (χ1) is 8.99. The molecule has 1 rings (SSSR count). The van der Waals surface area contributed by atoms with Crippen LogP contribution in [0.5, 0.6) is 11.5 Å². The summed E-state index contributed by atoms with van der Waals surface area (Å²) in [6.45, 7) is 4.26. The summed E-state index contributed by atoms with van der Waals surface area (Å²) in [5, 5.41) is 10.2. The highest BCUT2D eigenvalue weighted by molar-refractivity contribution is 5.85. The third-order valence-electron chi connectivity index (χ3n) is 3.25. The van der Waals surface area contributed by atoms with E-state index in [1.54, 1.807) is 20.3 Å². The van der Waals surface area contributed by atoms with Crippen LogP contribution in [0.4, 0.5) is 0 Å². The van der Waals surface area contributed by atoms with Crippen molar-refractivity contribution in [3.8, 4) is 11.5 Å². The Morgan fingerprint density at radius 2 is 1.80 bits per heavy atom. The van der Waals surface area contributed by atoms with Gasteiger partial charge in [-0.1, -0.05) is 13.8 Å². The standard InChI is InChI=1S/C15H25NO3.ClH/c1-10(2)5-8-13(17)15(16)12-7-6-11(18-3)9-14(12)19-4;/h6-7,9-10,13,15,17H,5,8,16H2,1-4H3;1H/t13-,15+;/m1./s1. The number of rotatable bonds is 7. The van der Waals surface area contributed by atoms with Gasteiger partial charge < -0.3 is 20.3 Å². The summed E-state index contributed by atoms with van der Waals surface area (Å²) < 4.78 is 10.5. The summed E-state index contributed by atoms with van der Waals surface area (Å²) in [6, 6.07) is 5.01. The maximum atomic E-state index is 10.2. The lowest BCUT2D eigenvalue weighted by Gasteiger charge is -2.22. The van der Waals surface area contributed by atoms with E-state index in [1.807, 2.05) is 12.1 Å². The number of methoxy groups -OCH3 is 2. The summed E-state index contributed by atoms with van der Waals surface area (Å²) in [4.78, 5) is 0. The lowest BCUT2D eigenvalue weighted by molar-refractivity contribution is 0.127. The Balaban J connectivity index is 0.00000361. The molecule has 0 radical (unpaired) electrons. The molecule has 1 aromatic rings. The third-order valence-corrected chi connectivity index (χ3v) is 3.25. The molecule has 0 aliphatic heterocycles. The van der Waals surface area contributed by atoms with Crippen molar-refractivity contribution in [1.82, 2.24) is 0 Å². The van der Waals surface area contributed by atoms with Gasteiger partial charge in [-0.25, -0.2) is 0 Å². The second-order valence-electron chi connectivity index (χ2n) is 5.17. The van der Waals surface area contributed by atoms with Crippen molar-refractivity contribution < 1.29 is 14.6 Å². The van der Waals surface area contributed by atoms with Gasteiger partial charge in [-0.15, -0.1) is 12.4 Å². The second kappa shape index (κ2) is 9.06. The Morgan fingerprint density at radius 1 is 1.15 bits per heavy atom. The number of hydrogen-bond donors (Lipinski definition) is 2. The number of aliphatic hydroxyl groups excluding tert-OH is 1. The molecular weight excluding hydrogens is 278 g/mol. The van der Waals surface area contributed by atoms with Crippen LogP contribution in [0.3, 0.4) is 0 Å². The number of ether oxygens (including phenoxy) is 2. The van der Waals surface area contributed by atoms with Gasteiger partial charge in [0, 0.05) is 11.6 Å². The van der Waals surface area contributed by atoms with Gasteiger partial charge in [0.25, 0.3) is 0 Å². The number of aliphatic hydroxyl groups is 1. The Labute approximate surface area is 127 Å². The zero-order chi connectivity index (χ0) is 14.4. The van der Waals surface area contributed by atoms with E-state index in [0.717, 1.165) is 12.0 Å². The first-order valence-electron chi connectivity index (χ1n) is 6.65. The predicted octanol–water partition coefficient (Wildman–Crippen LogP) is 2.92. The zero-order valence-electron chi connectivity index (χ0n) is 12.6. The molecule has 0 saturated carbocycles. The lowest BCUT2D eigenvalue weighted by Crippen LogP contribution is -2.27. The summed E-state index contributed by atoms with van der Waals surface area (Å²) in [5.74, 6) is 1.92. The zero-order valence-corrected chi connectivity index (χ0v) is 13.4. The van der Waals surface area contributed by atoms with Crippen LogP contribution in [0.15, 0.2) is 18.2 Å². The largest absolute Gasteiger partial charge is 0.497 e. The first kappa shape index (κ1) is 19.0. The average Bonchev–Trinajstić information content (AvgIpc) is 2.42. The van der Waals surface area contributed by atoms with E-state index >= 15 is 0 Å². The fourth-order valence-electron chi connectivity index (χ4n) is 1.98. The molecule has 0 unspecified atom stereocenters. The van der Waals surface area contributed by atoms with Gasteiger partial charge in [0.2, 0.25) is 0 Å². The van der Waals surface area contributed by atoms with E-state index in [1.165, 1.54) is 0 Å². The molecule has 2 atom stereocenters. The normalized spacial score (nSPS) is 13.6. The van der Waals surface area contributed by atoms with Crippen molar-refractivity contribution in [2.24, 2.45) is 11.7 Å². The predicted molar refractivity (Wildman–Crippen MR) is 83.8 cm³/mol. The molecule has 0 aliphatic carbocycles. The molecular formula is C15H26ClNO3. The molecule has 5 heteroatoms. The van der Waals surface area contributed by atoms with E-state index in [9.17, 15) is 5.11 Å². The summed E-state index contributed by atoms with van der Waals surface area (Å²) in [6.07, 6.45) is 1.08. The summed E-state index contributed by atoms with van der Waals surface area (Å²) in [5.41, 5.74) is 6.93. The van der Waals surface area contributed by atoms with Gasteiger partial charge in [-0.3, -0.25) is 0 Å². The average molecular weight is 304 g/mol. The molecule has 0 bridgehead atoms. The van der Waals surface area contributed by atoms with Gasteiger partial charge in [0.05, 0.1) is 26.4 Å². The Bertz CT molecular complexity index is 399. The number of benzene rings is 1. The summed E-state index contributed by atoms with van der Waals surface area (Å²) >= 11 is 0. The maximum absolute atomic E-state index is 10.2. The quantitative estimate of drug-likeness (QED) is 0.813. The monoisotopic (exact) mass is 303 g/mol. The van der Waals surface area contributed by atoms with E-state index < -0.39 is 12.1 Å². The number of hydrogen-bond acceptors (Lipinski definition) is 4. The second-order valence-corrected chi connectivity index (χ2v) is 5.17. The Morgan fingerprint density at radius 3 is 2.30 bits per heavy atom. The molecule has 0 amide bonds. The van der Waals surface area contributed by atoms with Crippen LogP contribution in [0.25, 0.3) is 0 Å². The lowest BCUT2D eigenvalue weighted by atomic mass is 9.95. The topological polar surface area (TPSA) is 64.7 Å². The summed E-state index contributed by atoms with van der Waals surface area (Å²) in [7, 11) is 3.19. The van der Waals surface area contributed by atoms with Crippen molar-refractivity contribution in [3.63, 3.8) is 0 Å². The van der Waals surface area contributed by atoms with Crippen LogP contribution in [0, 0.1) is 5.92 Å². The van der Waals surface area contributed by atoms with Crippen molar-refractivity contribution in [2.75, 3.05) is 14.2 Å². The SMILES string of the molecule is COc1ccc([C@H](N)[C@H](O)CCC(C)C)c(OC)c1.Cl. The van der Waals surface area contributed by atoms with Gasteiger partial charge in [-0.2, -0.15) is 0 Å². The Kier molecular flexibility index (Phi) is 8.62. The minimum absolute atomic E-state index is 0. The van der Waals surface area contributed by atoms with Gasteiger partial charge in [0.15, 0.2) is 0 Å². The molecule has 20 heavy (non-hydrogen) atoms. The highest BCUT2D eigenvalue weighted by Crippen LogP contribution is 2.31. The van der Waals surface area contributed by atoms with Gasteiger partial charge >= 0.3 is 0 Å². The number of nitrogens with two attached hydrogens (primary N) is 1. The van der Waals surface area contributed by atoms with E-state index in [0.29, 0.717) is 23.8 Å². The van der Waals surface area contributed by atoms with Crippen molar-refractivity contribution in [2.45, 2.75) is 38.8 Å². The molecule has 3 N–H and O–H groups in total. The highest BCUT2D eigenvalue weighted by atomic mass is 35.5. The van der Waals surface area contributed by atoms with Crippen LogP contribution in [-0.2, 0) is 0 Å². The first-order valence-corrected chi connectivity index (χ1v) is 6.65. The van der Waals surface area contributed by atoms with Crippen LogP contribution < -0.4 is 15.2 Å². The van der Waals surface area contributed by atoms with Crippen LogP contribution in [0.1, 0.15) is 38.3 Å². The molecule has 1 aromatic carbocycles. The van der Waals surface area contributed by atoms with Crippen LogP contribution >= 0.6 is 12.4 Å². The van der Waals surface area contributed by atoms with Gasteiger partial charge in [-0.05, 0) is 30.9 Å². The highest BCUT2D eigenvalue weighted by Gasteiger charge is 2.20. The number of halogens is 1. The van der Waals surface area contributed by atoms with E-state index in [4.69, 9.17) is 15.2 Å². The third kappa shape index (κ3) is 5.19. The Hall–Kier alpha value is -0.970. The molecule has 116 valence electrons. The smallest absolute Gasteiger partial charge is 0.127 e. The molecule has 0 aliphatic rings. The van der Waals surface area contributed by atoms with E-state index in [-0.39, 0.29) is 12.4 Å². The van der Waals surface area contributed by atoms with Gasteiger partial charge in [0.1, 0.15) is 11.5 Å². The molecule has 0 aromatic heterocycles. The van der Waals surface area contributed by atoms with Crippen molar-refractivity contribution in [1.29, 1.82) is 0 Å². The van der Waals surface area contributed by atoms with Crippen LogP contribution in [-0.4, -0.2) is 25.4 Å². The molecule has 0 spiro atoms. The fourth-order valence-corrected chi connectivity index (χ4v) is 1.98. The van der Waals surface area contributed by atoms with E-state index in [2.05, 4.69) is 13.8 Å². The molecule has 0 heterocycles. The van der Waals surface area contributed by atoms with Crippen molar-refractivity contribution in [3.05, 3.63) is 23.8 Å².